The fourth-order valence-electron chi connectivity index (χ4n) is 2.08. The van der Waals surface area contributed by atoms with E-state index in [1.54, 1.807) is 6.07 Å². The number of nitrogens with one attached hydrogen (secondary N) is 2. The second kappa shape index (κ2) is 9.35. The fourth-order valence-corrected chi connectivity index (χ4v) is 3.15. The lowest BCUT2D eigenvalue weighted by Gasteiger charge is -2.10. The maximum atomic E-state index is 12.0. The molecule has 0 heterocycles. The van der Waals surface area contributed by atoms with Crippen LogP contribution in [-0.2, 0) is 16.0 Å². The summed E-state index contributed by atoms with van der Waals surface area (Å²) in [5, 5.41) is 6.05. The summed E-state index contributed by atoms with van der Waals surface area (Å²) in [6.45, 7) is 1.97. The van der Waals surface area contributed by atoms with Crippen molar-refractivity contribution in [2.75, 3.05) is 17.6 Å². The van der Waals surface area contributed by atoms with Crippen LogP contribution in [-0.4, -0.2) is 24.1 Å². The van der Waals surface area contributed by atoms with Crippen LogP contribution >= 0.6 is 23.4 Å². The molecule has 2 amide bonds. The van der Waals surface area contributed by atoms with Gasteiger partial charge in [-0.25, -0.2) is 0 Å². The van der Waals surface area contributed by atoms with Crippen molar-refractivity contribution in [2.45, 2.75) is 18.2 Å². The van der Waals surface area contributed by atoms with Crippen LogP contribution in [0.5, 0.6) is 0 Å². The number of rotatable bonds is 7. The van der Waals surface area contributed by atoms with Crippen molar-refractivity contribution in [2.24, 2.45) is 0 Å². The first-order valence-electron chi connectivity index (χ1n) is 7.62. The van der Waals surface area contributed by atoms with Gasteiger partial charge in [0, 0.05) is 10.6 Å². The highest BCUT2D eigenvalue weighted by Gasteiger charge is 2.09. The summed E-state index contributed by atoms with van der Waals surface area (Å²) in [6, 6.07) is 15.0. The van der Waals surface area contributed by atoms with E-state index in [2.05, 4.69) is 10.6 Å². The molecule has 2 rings (SSSR count). The van der Waals surface area contributed by atoms with Crippen molar-refractivity contribution in [3.8, 4) is 0 Å². The monoisotopic (exact) mass is 362 g/mol. The number of aryl methyl sites for hydroxylation is 1. The number of amides is 2. The minimum atomic E-state index is -0.244. The maximum absolute atomic E-state index is 12.0. The lowest BCUT2D eigenvalue weighted by molar-refractivity contribution is -0.122. The zero-order valence-electron chi connectivity index (χ0n) is 13.3. The molecule has 2 N–H and O–H groups in total. The van der Waals surface area contributed by atoms with Crippen LogP contribution < -0.4 is 10.6 Å². The summed E-state index contributed by atoms with van der Waals surface area (Å²) in [4.78, 5) is 24.7. The third kappa shape index (κ3) is 5.58. The number of carbonyl (C=O) groups excluding carboxylic acids is 2. The average Bonchev–Trinajstić information content (AvgIpc) is 2.59. The Labute approximate surface area is 151 Å². The predicted molar refractivity (Wildman–Crippen MR) is 99.6 cm³/mol. The Morgan fingerprint density at radius 1 is 1.04 bits per heavy atom. The number of anilines is 1. The van der Waals surface area contributed by atoms with Gasteiger partial charge in [-0.15, -0.1) is 11.8 Å². The molecule has 0 atom stereocenters. The zero-order valence-corrected chi connectivity index (χ0v) is 14.9. The van der Waals surface area contributed by atoms with Gasteiger partial charge in [0.2, 0.25) is 11.8 Å². The molecule has 6 heteroatoms. The Balaban J connectivity index is 1.77. The third-order valence-corrected chi connectivity index (χ3v) is 4.83. The van der Waals surface area contributed by atoms with E-state index >= 15 is 0 Å². The second-order valence-corrected chi connectivity index (χ2v) is 6.48. The fraction of sp³-hybridized carbons (Fsp3) is 0.222. The molecule has 0 radical (unpaired) electrons. The van der Waals surface area contributed by atoms with Crippen LogP contribution in [0.1, 0.15) is 12.5 Å². The number of para-hydroxylation sites is 1. The molecule has 126 valence electrons. The molecule has 4 nitrogen and oxygen atoms in total. The number of thioether (sulfide) groups is 1. The molecule has 0 aliphatic heterocycles. The highest BCUT2D eigenvalue weighted by Crippen LogP contribution is 2.26. The van der Waals surface area contributed by atoms with Crippen molar-refractivity contribution in [1.29, 1.82) is 0 Å². The Kier molecular flexibility index (Phi) is 7.15. The van der Waals surface area contributed by atoms with Crippen LogP contribution in [0.15, 0.2) is 53.4 Å². The van der Waals surface area contributed by atoms with Crippen molar-refractivity contribution < 1.29 is 9.59 Å². The summed E-state index contributed by atoms with van der Waals surface area (Å²) >= 11 is 7.38. The molecule has 0 saturated carbocycles. The molecule has 0 bridgehead atoms. The lowest BCUT2D eigenvalue weighted by atomic mass is 10.1. The Morgan fingerprint density at radius 3 is 2.50 bits per heavy atom. The Hall–Kier alpha value is -1.98. The van der Waals surface area contributed by atoms with Gasteiger partial charge in [0.15, 0.2) is 0 Å². The first kappa shape index (κ1) is 18.4. The van der Waals surface area contributed by atoms with Gasteiger partial charge in [0.25, 0.3) is 0 Å². The van der Waals surface area contributed by atoms with Gasteiger partial charge in [0.05, 0.1) is 17.3 Å². The lowest BCUT2D eigenvalue weighted by Crippen LogP contribution is -2.34. The standard InChI is InChI=1S/C18H19ClN2O2S/c1-2-13-7-3-5-9-15(13)21-17(22)11-20-18(23)12-24-16-10-6-4-8-14(16)19/h3-10H,2,11-12H2,1H3,(H,20,23)(H,21,22). The summed E-state index contributed by atoms with van der Waals surface area (Å²) in [5.41, 5.74) is 1.84. The van der Waals surface area contributed by atoms with E-state index in [4.69, 9.17) is 11.6 Å². The number of hydrogen-bond donors (Lipinski definition) is 2. The maximum Gasteiger partial charge on any atom is 0.243 e. The highest BCUT2D eigenvalue weighted by molar-refractivity contribution is 8.00. The van der Waals surface area contributed by atoms with Gasteiger partial charge in [-0.1, -0.05) is 48.9 Å². The number of carbonyl (C=O) groups is 2. The van der Waals surface area contributed by atoms with E-state index in [0.29, 0.717) is 5.02 Å². The quantitative estimate of drug-likeness (QED) is 0.737. The number of benzene rings is 2. The van der Waals surface area contributed by atoms with Gasteiger partial charge in [-0.2, -0.15) is 0 Å². The van der Waals surface area contributed by atoms with Crippen LogP contribution in [0.3, 0.4) is 0 Å². The molecule has 2 aromatic rings. The van der Waals surface area contributed by atoms with Crippen LogP contribution in [0, 0.1) is 0 Å². The van der Waals surface area contributed by atoms with Crippen molar-refractivity contribution in [1.82, 2.24) is 5.32 Å². The smallest absolute Gasteiger partial charge is 0.243 e. The highest BCUT2D eigenvalue weighted by atomic mass is 35.5. The summed E-state index contributed by atoms with van der Waals surface area (Å²) in [7, 11) is 0. The van der Waals surface area contributed by atoms with Crippen molar-refractivity contribution in [3.05, 3.63) is 59.1 Å². The molecule has 0 fully saturated rings. The minimum Gasteiger partial charge on any atom is -0.346 e. The molecule has 0 saturated heterocycles. The molecule has 0 unspecified atom stereocenters. The predicted octanol–water partition coefficient (Wildman–Crippen LogP) is 3.75. The molecule has 0 aliphatic rings. The topological polar surface area (TPSA) is 58.2 Å². The minimum absolute atomic E-state index is 0.0556. The van der Waals surface area contributed by atoms with Gasteiger partial charge in [-0.05, 0) is 30.2 Å². The van der Waals surface area contributed by atoms with Crippen molar-refractivity contribution in [3.63, 3.8) is 0 Å². The van der Waals surface area contributed by atoms with Gasteiger partial charge >= 0.3 is 0 Å². The van der Waals surface area contributed by atoms with Crippen LogP contribution in [0.25, 0.3) is 0 Å². The van der Waals surface area contributed by atoms with Crippen LogP contribution in [0.2, 0.25) is 5.02 Å². The first-order valence-corrected chi connectivity index (χ1v) is 8.98. The molecule has 24 heavy (non-hydrogen) atoms. The van der Waals surface area contributed by atoms with Gasteiger partial charge in [0.1, 0.15) is 0 Å². The van der Waals surface area contributed by atoms with E-state index in [9.17, 15) is 9.59 Å². The molecular formula is C18H19ClN2O2S. The Morgan fingerprint density at radius 2 is 1.75 bits per heavy atom. The number of halogens is 1. The Bertz CT molecular complexity index is 722. The largest absolute Gasteiger partial charge is 0.346 e. The summed E-state index contributed by atoms with van der Waals surface area (Å²) < 4.78 is 0. The third-order valence-electron chi connectivity index (χ3n) is 3.31. The van der Waals surface area contributed by atoms with E-state index < -0.39 is 0 Å². The normalized spacial score (nSPS) is 10.2. The molecule has 2 aromatic carbocycles. The second-order valence-electron chi connectivity index (χ2n) is 5.05. The SMILES string of the molecule is CCc1ccccc1NC(=O)CNC(=O)CSc1ccccc1Cl. The van der Waals surface area contributed by atoms with Crippen LogP contribution in [0.4, 0.5) is 5.69 Å². The van der Waals surface area contributed by atoms with Crippen molar-refractivity contribution >= 4 is 40.9 Å². The molecule has 0 spiro atoms. The molecular weight excluding hydrogens is 344 g/mol. The van der Waals surface area contributed by atoms with E-state index in [0.717, 1.165) is 22.6 Å². The average molecular weight is 363 g/mol. The first-order chi connectivity index (χ1) is 11.6. The van der Waals surface area contributed by atoms with E-state index in [-0.39, 0.29) is 24.1 Å². The van der Waals surface area contributed by atoms with Gasteiger partial charge < -0.3 is 10.6 Å². The summed E-state index contributed by atoms with van der Waals surface area (Å²) in [6.07, 6.45) is 0.831. The van der Waals surface area contributed by atoms with E-state index in [1.165, 1.54) is 11.8 Å². The van der Waals surface area contributed by atoms with Gasteiger partial charge in [-0.3, -0.25) is 9.59 Å². The molecule has 0 aliphatic carbocycles. The van der Waals surface area contributed by atoms with E-state index in [1.807, 2.05) is 49.4 Å². The number of hydrogen-bond acceptors (Lipinski definition) is 3. The molecule has 0 aromatic heterocycles. The zero-order chi connectivity index (χ0) is 17.4. The summed E-state index contributed by atoms with van der Waals surface area (Å²) in [5.74, 6) is -0.242.